The Morgan fingerprint density at radius 3 is 3.19 bits per heavy atom. The fraction of sp³-hybridized carbons (Fsp3) is 0.158. The number of anilines is 2. The molecule has 2 N–H and O–H groups in total. The topological polar surface area (TPSA) is 93.0 Å². The number of allylic oxidation sites excluding steroid dienone is 1. The molecule has 4 aromatic rings. The Kier molecular flexibility index (Phi) is 3.60. The standard InChI is InChI=1S/C19H17N7O/c1-27-17-9-14(4-5-20-17)23-18-19-21-6-7-26(19)11-16(24-18)12-2-3-13-10-22-25-15(13)8-12/h2-7,9-12H,8H2,1H3,(H,22,25)(H,20,23,24). The van der Waals surface area contributed by atoms with Gasteiger partial charge in [-0.25, -0.2) is 15.0 Å². The van der Waals surface area contributed by atoms with Gasteiger partial charge in [0.1, 0.15) is 0 Å². The van der Waals surface area contributed by atoms with Crippen molar-refractivity contribution in [3.8, 4) is 5.88 Å². The summed E-state index contributed by atoms with van der Waals surface area (Å²) in [6, 6.07) is 3.69. The van der Waals surface area contributed by atoms with Gasteiger partial charge in [0.05, 0.1) is 19.0 Å². The van der Waals surface area contributed by atoms with Gasteiger partial charge >= 0.3 is 0 Å². The molecule has 0 saturated heterocycles. The van der Waals surface area contributed by atoms with E-state index in [1.165, 1.54) is 0 Å². The van der Waals surface area contributed by atoms with Gasteiger partial charge in [0, 0.05) is 60.1 Å². The first-order valence-electron chi connectivity index (χ1n) is 8.61. The molecule has 27 heavy (non-hydrogen) atoms. The average molecular weight is 359 g/mol. The SMILES string of the molecule is COc1cc(Nc2nc(C3C=Cc4cn[nH]c4C3)cn3ccnc23)ccn1. The van der Waals surface area contributed by atoms with Gasteiger partial charge in [0.15, 0.2) is 11.5 Å². The first kappa shape index (κ1) is 15.6. The molecule has 134 valence electrons. The van der Waals surface area contributed by atoms with Crippen molar-refractivity contribution in [2.45, 2.75) is 12.3 Å². The van der Waals surface area contributed by atoms with E-state index in [4.69, 9.17) is 9.72 Å². The van der Waals surface area contributed by atoms with Gasteiger partial charge in [0.25, 0.3) is 0 Å². The van der Waals surface area contributed by atoms with E-state index in [1.807, 2.05) is 35.1 Å². The van der Waals surface area contributed by atoms with Crippen LogP contribution in [0.3, 0.4) is 0 Å². The molecular weight excluding hydrogens is 342 g/mol. The molecule has 0 spiro atoms. The quantitative estimate of drug-likeness (QED) is 0.582. The molecule has 0 aliphatic heterocycles. The summed E-state index contributed by atoms with van der Waals surface area (Å²) in [7, 11) is 1.59. The minimum atomic E-state index is 0.164. The number of nitrogens with one attached hydrogen (secondary N) is 2. The van der Waals surface area contributed by atoms with Crippen LogP contribution in [0.4, 0.5) is 11.5 Å². The van der Waals surface area contributed by atoms with Crippen molar-refractivity contribution in [2.24, 2.45) is 0 Å². The Hall–Kier alpha value is -3.68. The molecule has 8 nitrogen and oxygen atoms in total. The molecular formula is C19H17N7O. The maximum atomic E-state index is 5.20. The number of hydrogen-bond acceptors (Lipinski definition) is 6. The number of methoxy groups -OCH3 is 1. The maximum absolute atomic E-state index is 5.20. The molecule has 5 rings (SSSR count). The number of fused-ring (bicyclic) bond motifs is 2. The van der Waals surface area contributed by atoms with Crippen molar-refractivity contribution in [1.29, 1.82) is 0 Å². The summed E-state index contributed by atoms with van der Waals surface area (Å²) < 4.78 is 7.18. The zero-order valence-electron chi connectivity index (χ0n) is 14.6. The third-order valence-electron chi connectivity index (χ3n) is 4.66. The normalized spacial score (nSPS) is 15.7. The Balaban J connectivity index is 1.53. The monoisotopic (exact) mass is 359 g/mol. The number of rotatable bonds is 4. The Bertz CT molecular complexity index is 1140. The van der Waals surface area contributed by atoms with Gasteiger partial charge in [-0.3, -0.25) is 5.10 Å². The minimum absolute atomic E-state index is 0.164. The second-order valence-corrected chi connectivity index (χ2v) is 6.36. The predicted octanol–water partition coefficient (Wildman–Crippen LogP) is 2.95. The second-order valence-electron chi connectivity index (χ2n) is 6.36. The molecule has 0 aromatic carbocycles. The summed E-state index contributed by atoms with van der Waals surface area (Å²) in [5, 5.41) is 10.5. The van der Waals surface area contributed by atoms with Crippen molar-refractivity contribution in [1.82, 2.24) is 29.5 Å². The number of nitrogens with zero attached hydrogens (tertiary/aromatic N) is 5. The van der Waals surface area contributed by atoms with E-state index in [9.17, 15) is 0 Å². The van der Waals surface area contributed by atoms with Crippen LogP contribution in [0.15, 0.2) is 49.2 Å². The van der Waals surface area contributed by atoms with Crippen molar-refractivity contribution in [3.63, 3.8) is 0 Å². The summed E-state index contributed by atoms with van der Waals surface area (Å²) >= 11 is 0. The van der Waals surface area contributed by atoms with Crippen LogP contribution in [-0.2, 0) is 6.42 Å². The lowest BCUT2D eigenvalue weighted by Gasteiger charge is -2.18. The van der Waals surface area contributed by atoms with E-state index < -0.39 is 0 Å². The summed E-state index contributed by atoms with van der Waals surface area (Å²) in [5.41, 5.74) is 4.82. The van der Waals surface area contributed by atoms with Gasteiger partial charge in [-0.15, -0.1) is 0 Å². The first-order valence-corrected chi connectivity index (χ1v) is 8.61. The highest BCUT2D eigenvalue weighted by Gasteiger charge is 2.20. The van der Waals surface area contributed by atoms with E-state index in [2.05, 4.69) is 37.6 Å². The molecule has 4 aromatic heterocycles. The highest BCUT2D eigenvalue weighted by molar-refractivity contribution is 5.70. The largest absolute Gasteiger partial charge is 0.481 e. The lowest BCUT2D eigenvalue weighted by Crippen LogP contribution is -2.10. The summed E-state index contributed by atoms with van der Waals surface area (Å²) in [4.78, 5) is 13.4. The summed E-state index contributed by atoms with van der Waals surface area (Å²) in [6.07, 6.45) is 14.3. The van der Waals surface area contributed by atoms with Crippen LogP contribution in [-0.4, -0.2) is 36.7 Å². The number of imidazole rings is 1. The molecule has 1 atom stereocenters. The van der Waals surface area contributed by atoms with Crippen molar-refractivity contribution >= 4 is 23.2 Å². The van der Waals surface area contributed by atoms with Crippen molar-refractivity contribution in [3.05, 3.63) is 66.1 Å². The Morgan fingerprint density at radius 1 is 1.30 bits per heavy atom. The van der Waals surface area contributed by atoms with Gasteiger partial charge in [-0.2, -0.15) is 5.10 Å². The Morgan fingerprint density at radius 2 is 2.26 bits per heavy atom. The zero-order valence-corrected chi connectivity index (χ0v) is 14.6. The lowest BCUT2D eigenvalue weighted by atomic mass is 9.92. The number of aromatic amines is 1. The predicted molar refractivity (Wildman–Crippen MR) is 101 cm³/mol. The molecule has 4 heterocycles. The van der Waals surface area contributed by atoms with Crippen LogP contribution < -0.4 is 10.1 Å². The zero-order chi connectivity index (χ0) is 18.2. The smallest absolute Gasteiger partial charge is 0.214 e. The average Bonchev–Trinajstić information content (AvgIpc) is 3.36. The van der Waals surface area contributed by atoms with Crippen molar-refractivity contribution < 1.29 is 4.74 Å². The van der Waals surface area contributed by atoms with Gasteiger partial charge in [-0.05, 0) is 6.07 Å². The van der Waals surface area contributed by atoms with Crippen molar-refractivity contribution in [2.75, 3.05) is 12.4 Å². The fourth-order valence-electron chi connectivity index (χ4n) is 3.29. The van der Waals surface area contributed by atoms with Crippen LogP contribution in [0.1, 0.15) is 22.9 Å². The number of pyridine rings is 1. The van der Waals surface area contributed by atoms with Gasteiger partial charge in [0.2, 0.25) is 5.88 Å². The molecule has 0 saturated carbocycles. The van der Waals surface area contributed by atoms with E-state index in [-0.39, 0.29) is 5.92 Å². The third-order valence-corrected chi connectivity index (χ3v) is 4.66. The van der Waals surface area contributed by atoms with Crippen LogP contribution in [0.2, 0.25) is 0 Å². The van der Waals surface area contributed by atoms with E-state index in [0.29, 0.717) is 11.7 Å². The van der Waals surface area contributed by atoms with Crippen LogP contribution in [0.25, 0.3) is 11.7 Å². The number of hydrogen-bond donors (Lipinski definition) is 2. The molecule has 0 radical (unpaired) electrons. The van der Waals surface area contributed by atoms with Crippen LogP contribution in [0, 0.1) is 0 Å². The highest BCUT2D eigenvalue weighted by Crippen LogP contribution is 2.30. The molecule has 0 amide bonds. The molecule has 1 unspecified atom stereocenters. The van der Waals surface area contributed by atoms with E-state index in [1.54, 1.807) is 19.5 Å². The van der Waals surface area contributed by atoms with Crippen LogP contribution in [0.5, 0.6) is 5.88 Å². The van der Waals surface area contributed by atoms with Crippen LogP contribution >= 0.6 is 0 Å². The molecule has 8 heteroatoms. The number of H-pyrrole nitrogens is 1. The van der Waals surface area contributed by atoms with E-state index >= 15 is 0 Å². The maximum Gasteiger partial charge on any atom is 0.214 e. The molecule has 0 fully saturated rings. The first-order chi connectivity index (χ1) is 13.3. The number of ether oxygens (including phenoxy) is 1. The van der Waals surface area contributed by atoms with Gasteiger partial charge in [-0.1, -0.05) is 12.2 Å². The second kappa shape index (κ2) is 6.24. The van der Waals surface area contributed by atoms with E-state index in [0.717, 1.165) is 34.7 Å². The Labute approximate surface area is 155 Å². The summed E-state index contributed by atoms with van der Waals surface area (Å²) in [5.74, 6) is 1.39. The highest BCUT2D eigenvalue weighted by atomic mass is 16.5. The minimum Gasteiger partial charge on any atom is -0.481 e. The number of aromatic nitrogens is 6. The lowest BCUT2D eigenvalue weighted by molar-refractivity contribution is 0.398. The fourth-order valence-corrected chi connectivity index (χ4v) is 3.29. The molecule has 0 bridgehead atoms. The van der Waals surface area contributed by atoms with Gasteiger partial charge < -0.3 is 14.5 Å². The molecule has 1 aliphatic rings. The third kappa shape index (κ3) is 2.80. The molecule has 1 aliphatic carbocycles. The summed E-state index contributed by atoms with van der Waals surface area (Å²) in [6.45, 7) is 0.